The van der Waals surface area contributed by atoms with Crippen LogP contribution >= 0.6 is 0 Å². The number of aliphatic hydroxyl groups is 1. The van der Waals surface area contributed by atoms with Crippen molar-refractivity contribution in [2.75, 3.05) is 0 Å². The molecule has 1 aromatic carbocycles. The number of carboxylic acid groups (broad SMARTS) is 3. The highest BCUT2D eigenvalue weighted by Crippen LogP contribution is 2.29. The molecule has 1 heterocycles. The fraction of sp³-hybridized carbons (Fsp3) is 0.250. The second-order valence-electron chi connectivity index (χ2n) is 4.56. The lowest BCUT2D eigenvalue weighted by molar-refractivity contribution is -0.177. The zero-order valence-corrected chi connectivity index (χ0v) is 10.9. The number of hydrogen-bond acceptors (Lipinski definition) is 6. The third kappa shape index (κ3) is 2.46. The summed E-state index contributed by atoms with van der Waals surface area (Å²) in [6, 6.07) is 3.92. The Morgan fingerprint density at radius 2 is 1.82 bits per heavy atom. The van der Waals surface area contributed by atoms with E-state index in [0.29, 0.717) is 4.68 Å². The topological polar surface area (TPSA) is 163 Å². The van der Waals surface area contributed by atoms with Gasteiger partial charge in [0.05, 0.1) is 11.9 Å². The Bertz CT molecular complexity index is 756. The molecule has 4 N–H and O–H groups in total. The number of rotatable bonds is 6. The average molecular weight is 309 g/mol. The number of para-hydroxylation sites is 1. The fourth-order valence-corrected chi connectivity index (χ4v) is 2.11. The van der Waals surface area contributed by atoms with Gasteiger partial charge in [0.2, 0.25) is 5.60 Å². The Kier molecular flexibility index (Phi) is 3.78. The van der Waals surface area contributed by atoms with Crippen LogP contribution in [0.25, 0.3) is 11.0 Å². The van der Waals surface area contributed by atoms with Crippen molar-refractivity contribution in [3.8, 4) is 0 Å². The highest BCUT2D eigenvalue weighted by molar-refractivity contribution is 5.91. The molecule has 116 valence electrons. The standard InChI is InChI=1S/C12H11N3O7/c16-8(17)5-12(22,11(20)21)9(10(18)19)15-7-4-2-1-3-6(7)13-14-15/h1-4,9,22H,5H2,(H,16,17)(H,18,19)(H,20,21). The molecule has 2 unspecified atom stereocenters. The highest BCUT2D eigenvalue weighted by atomic mass is 16.4. The van der Waals surface area contributed by atoms with Gasteiger partial charge >= 0.3 is 17.9 Å². The molecular formula is C12H11N3O7. The fourth-order valence-electron chi connectivity index (χ4n) is 2.11. The first-order valence-corrected chi connectivity index (χ1v) is 5.97. The van der Waals surface area contributed by atoms with Crippen molar-refractivity contribution >= 4 is 28.9 Å². The average Bonchev–Trinajstić information content (AvgIpc) is 2.81. The van der Waals surface area contributed by atoms with Crippen molar-refractivity contribution in [2.24, 2.45) is 0 Å². The van der Waals surface area contributed by atoms with Gasteiger partial charge in [-0.25, -0.2) is 14.3 Å². The van der Waals surface area contributed by atoms with E-state index in [4.69, 9.17) is 10.2 Å². The monoisotopic (exact) mass is 309 g/mol. The van der Waals surface area contributed by atoms with Crippen molar-refractivity contribution in [1.82, 2.24) is 15.0 Å². The van der Waals surface area contributed by atoms with Crippen LogP contribution in [0.3, 0.4) is 0 Å². The summed E-state index contributed by atoms with van der Waals surface area (Å²) in [6.07, 6.45) is -1.31. The first kappa shape index (κ1) is 15.4. The molecule has 2 atom stereocenters. The Labute approximate surface area is 122 Å². The lowest BCUT2D eigenvalue weighted by Gasteiger charge is -2.28. The summed E-state index contributed by atoms with van der Waals surface area (Å²) in [6.45, 7) is 0. The zero-order chi connectivity index (χ0) is 16.5. The van der Waals surface area contributed by atoms with Crippen LogP contribution in [0.2, 0.25) is 0 Å². The Morgan fingerprint density at radius 3 is 2.36 bits per heavy atom. The molecule has 22 heavy (non-hydrogen) atoms. The lowest BCUT2D eigenvalue weighted by Crippen LogP contribution is -2.51. The van der Waals surface area contributed by atoms with E-state index in [0.717, 1.165) is 0 Å². The van der Waals surface area contributed by atoms with Gasteiger partial charge in [-0.1, -0.05) is 17.3 Å². The second kappa shape index (κ2) is 5.41. The molecule has 0 saturated heterocycles. The highest BCUT2D eigenvalue weighted by Gasteiger charge is 2.52. The first-order valence-electron chi connectivity index (χ1n) is 5.97. The summed E-state index contributed by atoms with van der Waals surface area (Å²) in [4.78, 5) is 33.6. The summed E-state index contributed by atoms with van der Waals surface area (Å²) >= 11 is 0. The van der Waals surface area contributed by atoms with Gasteiger partial charge in [0.15, 0.2) is 6.04 Å². The number of carboxylic acids is 3. The lowest BCUT2D eigenvalue weighted by atomic mass is 9.90. The van der Waals surface area contributed by atoms with Gasteiger partial charge in [-0.15, -0.1) is 5.10 Å². The van der Waals surface area contributed by atoms with E-state index in [2.05, 4.69) is 10.3 Å². The number of fused-ring (bicyclic) bond motifs is 1. The third-order valence-electron chi connectivity index (χ3n) is 3.10. The molecule has 0 amide bonds. The molecule has 0 saturated carbocycles. The Balaban J connectivity index is 2.65. The van der Waals surface area contributed by atoms with Gasteiger partial charge < -0.3 is 20.4 Å². The van der Waals surface area contributed by atoms with Crippen LogP contribution in [-0.4, -0.2) is 58.9 Å². The smallest absolute Gasteiger partial charge is 0.339 e. The maximum absolute atomic E-state index is 11.5. The molecule has 10 heteroatoms. The van der Waals surface area contributed by atoms with E-state index in [-0.39, 0.29) is 11.0 Å². The van der Waals surface area contributed by atoms with E-state index in [1.54, 1.807) is 6.07 Å². The number of aromatic nitrogens is 3. The maximum atomic E-state index is 11.5. The first-order chi connectivity index (χ1) is 10.3. The van der Waals surface area contributed by atoms with Crippen molar-refractivity contribution in [3.63, 3.8) is 0 Å². The van der Waals surface area contributed by atoms with E-state index in [1.807, 2.05) is 0 Å². The van der Waals surface area contributed by atoms with Crippen LogP contribution in [0, 0.1) is 0 Å². The minimum absolute atomic E-state index is 0.153. The molecule has 0 bridgehead atoms. The number of nitrogens with zero attached hydrogens (tertiary/aromatic N) is 3. The van der Waals surface area contributed by atoms with Crippen LogP contribution < -0.4 is 0 Å². The normalized spacial score (nSPS) is 15.1. The second-order valence-corrected chi connectivity index (χ2v) is 4.56. The zero-order valence-electron chi connectivity index (χ0n) is 10.9. The van der Waals surface area contributed by atoms with Crippen molar-refractivity contribution < 1.29 is 34.8 Å². The van der Waals surface area contributed by atoms with Crippen LogP contribution in [0.1, 0.15) is 12.5 Å². The van der Waals surface area contributed by atoms with Crippen LogP contribution in [-0.2, 0) is 14.4 Å². The van der Waals surface area contributed by atoms with Crippen LogP contribution in [0.15, 0.2) is 24.3 Å². The van der Waals surface area contributed by atoms with E-state index in [9.17, 15) is 24.6 Å². The molecule has 2 rings (SSSR count). The number of hydrogen-bond donors (Lipinski definition) is 4. The predicted octanol–water partition coefficient (Wildman–Crippen LogP) is -0.653. The van der Waals surface area contributed by atoms with Gasteiger partial charge in [-0.2, -0.15) is 0 Å². The molecule has 1 aromatic heterocycles. The number of carbonyl (C=O) groups is 3. The van der Waals surface area contributed by atoms with Gasteiger partial charge in [0.25, 0.3) is 0 Å². The molecule has 0 fully saturated rings. The van der Waals surface area contributed by atoms with Crippen LogP contribution in [0.4, 0.5) is 0 Å². The quantitative estimate of drug-likeness (QED) is 0.542. The van der Waals surface area contributed by atoms with E-state index < -0.39 is 36.0 Å². The van der Waals surface area contributed by atoms with Gasteiger partial charge in [0, 0.05) is 0 Å². The SMILES string of the molecule is O=C(O)CC(O)(C(=O)O)C(C(=O)O)n1nnc2ccccc21. The predicted molar refractivity (Wildman–Crippen MR) is 69.0 cm³/mol. The summed E-state index contributed by atoms with van der Waals surface area (Å²) in [5.41, 5.74) is -2.66. The Hall–Kier alpha value is -3.01. The molecular weight excluding hydrogens is 298 g/mol. The summed E-state index contributed by atoms with van der Waals surface area (Å²) in [5, 5.41) is 44.6. The van der Waals surface area contributed by atoms with Gasteiger partial charge in [-0.05, 0) is 12.1 Å². The third-order valence-corrected chi connectivity index (χ3v) is 3.10. The molecule has 2 aromatic rings. The van der Waals surface area contributed by atoms with E-state index >= 15 is 0 Å². The van der Waals surface area contributed by atoms with Crippen molar-refractivity contribution in [2.45, 2.75) is 18.1 Å². The molecule has 0 aliphatic heterocycles. The summed E-state index contributed by atoms with van der Waals surface area (Å²) < 4.78 is 0.689. The minimum atomic E-state index is -3.09. The molecule has 0 spiro atoms. The van der Waals surface area contributed by atoms with Crippen LogP contribution in [0.5, 0.6) is 0 Å². The Morgan fingerprint density at radius 1 is 1.18 bits per heavy atom. The molecule has 0 aliphatic carbocycles. The van der Waals surface area contributed by atoms with Crippen molar-refractivity contribution in [1.29, 1.82) is 0 Å². The van der Waals surface area contributed by atoms with E-state index in [1.165, 1.54) is 18.2 Å². The largest absolute Gasteiger partial charge is 0.481 e. The number of benzene rings is 1. The summed E-state index contributed by atoms with van der Waals surface area (Å²) in [7, 11) is 0. The minimum Gasteiger partial charge on any atom is -0.481 e. The van der Waals surface area contributed by atoms with Crippen molar-refractivity contribution in [3.05, 3.63) is 24.3 Å². The molecule has 0 aliphatic rings. The number of aliphatic carboxylic acids is 3. The van der Waals surface area contributed by atoms with Gasteiger partial charge in [0.1, 0.15) is 5.52 Å². The van der Waals surface area contributed by atoms with Gasteiger partial charge in [-0.3, -0.25) is 4.79 Å². The summed E-state index contributed by atoms with van der Waals surface area (Å²) in [5.74, 6) is -5.40. The molecule has 10 nitrogen and oxygen atoms in total. The maximum Gasteiger partial charge on any atom is 0.339 e. The molecule has 0 radical (unpaired) electrons.